The predicted molar refractivity (Wildman–Crippen MR) is 73.8 cm³/mol. The Morgan fingerprint density at radius 1 is 1.11 bits per heavy atom. The molecule has 3 heteroatoms. The lowest BCUT2D eigenvalue weighted by molar-refractivity contribution is -0.0217. The molecule has 1 aliphatic carbocycles. The van der Waals surface area contributed by atoms with Crippen molar-refractivity contribution in [3.05, 3.63) is 0 Å². The van der Waals surface area contributed by atoms with Crippen molar-refractivity contribution >= 4 is 0 Å². The smallest absolute Gasteiger partial charge is 0.0577 e. The first-order chi connectivity index (χ1) is 8.72. The third-order valence-electron chi connectivity index (χ3n) is 4.87. The van der Waals surface area contributed by atoms with Gasteiger partial charge in [0, 0.05) is 33.4 Å². The maximum absolute atomic E-state index is 5.36. The quantitative estimate of drug-likeness (QED) is 0.728. The third kappa shape index (κ3) is 3.69. The summed E-state index contributed by atoms with van der Waals surface area (Å²) in [7, 11) is 3.65. The van der Waals surface area contributed by atoms with Crippen LogP contribution in [0.3, 0.4) is 0 Å². The highest BCUT2D eigenvalue weighted by Crippen LogP contribution is 2.33. The minimum absolute atomic E-state index is 0.546. The minimum atomic E-state index is 0.546. The molecule has 0 amide bonds. The van der Waals surface area contributed by atoms with Gasteiger partial charge in [-0.15, -0.1) is 0 Å². The Bertz CT molecular complexity index is 241. The van der Waals surface area contributed by atoms with Crippen molar-refractivity contribution in [2.24, 2.45) is 11.8 Å². The zero-order valence-corrected chi connectivity index (χ0v) is 12.2. The fourth-order valence-corrected chi connectivity index (χ4v) is 3.48. The number of piperidine rings is 1. The monoisotopic (exact) mass is 255 g/mol. The molecule has 2 fully saturated rings. The van der Waals surface area contributed by atoms with Crippen molar-refractivity contribution in [1.29, 1.82) is 0 Å². The molecule has 0 aromatic heterocycles. The lowest BCUT2D eigenvalue weighted by Crippen LogP contribution is -2.46. The number of rotatable bonds is 6. The highest BCUT2D eigenvalue weighted by molar-refractivity contribution is 4.86. The fourth-order valence-electron chi connectivity index (χ4n) is 3.48. The molecular weight excluding hydrogens is 226 g/mol. The van der Waals surface area contributed by atoms with Crippen LogP contribution < -0.4 is 0 Å². The summed E-state index contributed by atoms with van der Waals surface area (Å²) in [5.74, 6) is 1.76. The van der Waals surface area contributed by atoms with Gasteiger partial charge in [0.15, 0.2) is 0 Å². The number of methoxy groups -OCH3 is 2. The standard InChI is InChI=1S/C15H29NO2/c1-12-8-13(5-7-17-2)4-6-16(12)11-14-9-15(10-14)18-3/h12-15H,4-11H2,1-3H3/t12-,13+,14?,15?/m0/s1. The molecule has 0 unspecified atom stereocenters. The van der Waals surface area contributed by atoms with Crippen LogP contribution in [-0.2, 0) is 9.47 Å². The second-order valence-electron chi connectivity index (χ2n) is 6.21. The number of hydrogen-bond donors (Lipinski definition) is 0. The van der Waals surface area contributed by atoms with Gasteiger partial charge in [-0.1, -0.05) is 0 Å². The zero-order chi connectivity index (χ0) is 13.0. The Balaban J connectivity index is 1.66. The summed E-state index contributed by atoms with van der Waals surface area (Å²) < 4.78 is 10.6. The Morgan fingerprint density at radius 3 is 2.50 bits per heavy atom. The molecule has 0 radical (unpaired) electrons. The Kier molecular flexibility index (Phi) is 5.46. The summed E-state index contributed by atoms with van der Waals surface area (Å²) in [4.78, 5) is 2.69. The van der Waals surface area contributed by atoms with Crippen molar-refractivity contribution in [1.82, 2.24) is 4.90 Å². The summed E-state index contributed by atoms with van der Waals surface area (Å²) in [6.07, 6.45) is 7.03. The van der Waals surface area contributed by atoms with Gasteiger partial charge >= 0.3 is 0 Å². The normalized spacial score (nSPS) is 37.5. The van der Waals surface area contributed by atoms with Crippen molar-refractivity contribution in [3.8, 4) is 0 Å². The molecule has 3 nitrogen and oxygen atoms in total. The van der Waals surface area contributed by atoms with Crippen LogP contribution in [-0.4, -0.2) is 51.0 Å². The maximum atomic E-state index is 5.36. The van der Waals surface area contributed by atoms with Gasteiger partial charge in [0.1, 0.15) is 0 Å². The second-order valence-corrected chi connectivity index (χ2v) is 6.21. The van der Waals surface area contributed by atoms with E-state index in [9.17, 15) is 0 Å². The van der Waals surface area contributed by atoms with Crippen LogP contribution in [0.15, 0.2) is 0 Å². The lowest BCUT2D eigenvalue weighted by atomic mass is 9.80. The minimum Gasteiger partial charge on any atom is -0.385 e. The van der Waals surface area contributed by atoms with Crippen molar-refractivity contribution in [3.63, 3.8) is 0 Å². The summed E-state index contributed by atoms with van der Waals surface area (Å²) in [5, 5.41) is 0. The molecule has 2 aliphatic rings. The summed E-state index contributed by atoms with van der Waals surface area (Å²) in [5.41, 5.74) is 0. The van der Waals surface area contributed by atoms with Crippen LogP contribution in [0, 0.1) is 11.8 Å². The van der Waals surface area contributed by atoms with Gasteiger partial charge in [-0.3, -0.25) is 0 Å². The van der Waals surface area contributed by atoms with E-state index in [0.29, 0.717) is 6.10 Å². The molecule has 1 aliphatic heterocycles. The molecule has 0 bridgehead atoms. The molecule has 1 heterocycles. The summed E-state index contributed by atoms with van der Waals surface area (Å²) in [6.45, 7) is 5.89. The van der Waals surface area contributed by atoms with Crippen LogP contribution in [0.25, 0.3) is 0 Å². The number of likely N-dealkylation sites (tertiary alicyclic amines) is 1. The van der Waals surface area contributed by atoms with Gasteiger partial charge in [0.05, 0.1) is 6.10 Å². The summed E-state index contributed by atoms with van der Waals surface area (Å²) in [6, 6.07) is 0.752. The van der Waals surface area contributed by atoms with Crippen molar-refractivity contribution in [2.45, 2.75) is 51.2 Å². The van der Waals surface area contributed by atoms with Gasteiger partial charge in [-0.05, 0) is 57.4 Å². The topological polar surface area (TPSA) is 21.7 Å². The van der Waals surface area contributed by atoms with Gasteiger partial charge in [-0.25, -0.2) is 0 Å². The molecule has 0 N–H and O–H groups in total. The third-order valence-corrected chi connectivity index (χ3v) is 4.87. The SMILES string of the molecule is COCC[C@H]1CCN(CC2CC(OC)C2)[C@@H](C)C1. The first-order valence-electron chi connectivity index (χ1n) is 7.48. The Morgan fingerprint density at radius 2 is 1.89 bits per heavy atom. The van der Waals surface area contributed by atoms with Crippen LogP contribution in [0.4, 0.5) is 0 Å². The first kappa shape index (κ1) is 14.3. The average molecular weight is 255 g/mol. The van der Waals surface area contributed by atoms with E-state index in [1.807, 2.05) is 7.11 Å². The van der Waals surface area contributed by atoms with Crippen molar-refractivity contribution < 1.29 is 9.47 Å². The molecule has 1 saturated carbocycles. The van der Waals surface area contributed by atoms with E-state index in [2.05, 4.69) is 11.8 Å². The maximum Gasteiger partial charge on any atom is 0.0577 e. The van der Waals surface area contributed by atoms with Crippen LogP contribution >= 0.6 is 0 Å². The largest absolute Gasteiger partial charge is 0.385 e. The first-order valence-corrected chi connectivity index (χ1v) is 7.48. The predicted octanol–water partition coefficient (Wildman–Crippen LogP) is 2.55. The van der Waals surface area contributed by atoms with E-state index in [1.54, 1.807) is 7.11 Å². The van der Waals surface area contributed by atoms with Gasteiger partial charge in [0.25, 0.3) is 0 Å². The molecule has 0 aromatic rings. The van der Waals surface area contributed by atoms with Crippen LogP contribution in [0.5, 0.6) is 0 Å². The Hall–Kier alpha value is -0.120. The van der Waals surface area contributed by atoms with Gasteiger partial charge in [0.2, 0.25) is 0 Å². The van der Waals surface area contributed by atoms with Crippen LogP contribution in [0.1, 0.15) is 39.0 Å². The molecule has 0 spiro atoms. The summed E-state index contributed by atoms with van der Waals surface area (Å²) >= 11 is 0. The van der Waals surface area contributed by atoms with Crippen molar-refractivity contribution in [2.75, 3.05) is 33.9 Å². The van der Waals surface area contributed by atoms with E-state index < -0.39 is 0 Å². The van der Waals surface area contributed by atoms with E-state index in [-0.39, 0.29) is 0 Å². The highest BCUT2D eigenvalue weighted by atomic mass is 16.5. The molecule has 106 valence electrons. The average Bonchev–Trinajstić information content (AvgIpc) is 2.32. The van der Waals surface area contributed by atoms with E-state index >= 15 is 0 Å². The second kappa shape index (κ2) is 6.88. The number of hydrogen-bond acceptors (Lipinski definition) is 3. The van der Waals surface area contributed by atoms with Gasteiger partial charge < -0.3 is 14.4 Å². The van der Waals surface area contributed by atoms with Gasteiger partial charge in [-0.2, -0.15) is 0 Å². The molecule has 0 aromatic carbocycles. The molecule has 18 heavy (non-hydrogen) atoms. The van der Waals surface area contributed by atoms with Crippen LogP contribution in [0.2, 0.25) is 0 Å². The highest BCUT2D eigenvalue weighted by Gasteiger charge is 2.33. The molecule has 2 rings (SSSR count). The van der Waals surface area contributed by atoms with E-state index in [0.717, 1.165) is 24.5 Å². The number of nitrogens with zero attached hydrogens (tertiary/aromatic N) is 1. The lowest BCUT2D eigenvalue weighted by Gasteiger charge is -2.43. The van der Waals surface area contributed by atoms with E-state index in [1.165, 1.54) is 45.2 Å². The Labute approximate surface area is 112 Å². The molecule has 2 atom stereocenters. The fraction of sp³-hybridized carbons (Fsp3) is 1.00. The zero-order valence-electron chi connectivity index (χ0n) is 12.2. The molecular formula is C15H29NO2. The van der Waals surface area contributed by atoms with E-state index in [4.69, 9.17) is 9.47 Å². The molecule has 1 saturated heterocycles. The number of ether oxygens (including phenoxy) is 2.